The minimum absolute atomic E-state index is 0.519. The van der Waals surface area contributed by atoms with E-state index in [2.05, 4.69) is 15.1 Å². The molecule has 0 aromatic carbocycles. The molecule has 0 N–H and O–H groups in total. The van der Waals surface area contributed by atoms with Gasteiger partial charge < -0.3 is 0 Å². The van der Waals surface area contributed by atoms with Crippen LogP contribution in [0.25, 0.3) is 0 Å². The molecule has 0 unspecified atom stereocenters. The highest BCUT2D eigenvalue weighted by Crippen LogP contribution is 2.13. The number of aryl methyl sites for hydroxylation is 2. The molecule has 2 heterocycles. The van der Waals surface area contributed by atoms with E-state index in [1.807, 2.05) is 30.7 Å². The molecule has 0 spiro atoms. The normalized spacial score (nSPS) is 10.6. The second-order valence-electron chi connectivity index (χ2n) is 3.32. The fourth-order valence-corrected chi connectivity index (χ4v) is 1.59. The number of rotatable bonds is 2. The van der Waals surface area contributed by atoms with Crippen LogP contribution in [0.1, 0.15) is 17.2 Å². The summed E-state index contributed by atoms with van der Waals surface area (Å²) in [4.78, 5) is 8.24. The first-order valence-electron chi connectivity index (χ1n) is 4.64. The maximum Gasteiger partial charge on any atom is 0.147 e. The molecule has 0 radical (unpaired) electrons. The Kier molecular flexibility index (Phi) is 2.68. The van der Waals surface area contributed by atoms with Gasteiger partial charge in [-0.1, -0.05) is 17.7 Å². The van der Waals surface area contributed by atoms with E-state index in [4.69, 9.17) is 11.6 Å². The maximum absolute atomic E-state index is 5.96. The Labute approximate surface area is 92.9 Å². The van der Waals surface area contributed by atoms with E-state index < -0.39 is 0 Å². The molecule has 0 fully saturated rings. The third-order valence-corrected chi connectivity index (χ3v) is 2.46. The SMILES string of the molecule is Cc1nc(C)n(Cc2cccnc2Cl)n1. The van der Waals surface area contributed by atoms with Gasteiger partial charge in [-0.3, -0.25) is 0 Å². The molecular formula is C10H11ClN4. The second kappa shape index (κ2) is 3.98. The van der Waals surface area contributed by atoms with Crippen LogP contribution >= 0.6 is 11.6 Å². The fraction of sp³-hybridized carbons (Fsp3) is 0.300. The first-order valence-corrected chi connectivity index (χ1v) is 5.02. The highest BCUT2D eigenvalue weighted by atomic mass is 35.5. The zero-order chi connectivity index (χ0) is 10.8. The first-order chi connectivity index (χ1) is 7.16. The van der Waals surface area contributed by atoms with Gasteiger partial charge in [0.05, 0.1) is 6.54 Å². The minimum Gasteiger partial charge on any atom is -0.246 e. The summed E-state index contributed by atoms with van der Waals surface area (Å²) in [5.74, 6) is 1.65. The fourth-order valence-electron chi connectivity index (χ4n) is 1.41. The van der Waals surface area contributed by atoms with Crippen molar-refractivity contribution in [3.8, 4) is 0 Å². The number of halogens is 1. The van der Waals surface area contributed by atoms with Gasteiger partial charge >= 0.3 is 0 Å². The van der Waals surface area contributed by atoms with Crippen molar-refractivity contribution in [2.24, 2.45) is 0 Å². The van der Waals surface area contributed by atoms with Gasteiger partial charge in [0.15, 0.2) is 0 Å². The maximum atomic E-state index is 5.96. The first kappa shape index (κ1) is 10.1. The Morgan fingerprint density at radius 2 is 2.20 bits per heavy atom. The Morgan fingerprint density at radius 1 is 1.40 bits per heavy atom. The largest absolute Gasteiger partial charge is 0.246 e. The molecule has 0 atom stereocenters. The second-order valence-corrected chi connectivity index (χ2v) is 3.68. The van der Waals surface area contributed by atoms with Crippen LogP contribution in [0, 0.1) is 13.8 Å². The van der Waals surface area contributed by atoms with E-state index in [-0.39, 0.29) is 0 Å². The summed E-state index contributed by atoms with van der Waals surface area (Å²) in [5, 5.41) is 4.78. The van der Waals surface area contributed by atoms with Crippen molar-refractivity contribution in [1.29, 1.82) is 0 Å². The number of nitrogens with zero attached hydrogens (tertiary/aromatic N) is 4. The lowest BCUT2D eigenvalue weighted by Gasteiger charge is -2.04. The molecule has 2 aromatic rings. The molecule has 0 aliphatic rings. The van der Waals surface area contributed by atoms with Crippen LogP contribution in [0.4, 0.5) is 0 Å². The minimum atomic E-state index is 0.519. The molecule has 2 aromatic heterocycles. The lowest BCUT2D eigenvalue weighted by molar-refractivity contribution is 0.654. The zero-order valence-electron chi connectivity index (χ0n) is 8.61. The van der Waals surface area contributed by atoms with Crippen molar-refractivity contribution in [3.63, 3.8) is 0 Å². The molecule has 5 heteroatoms. The van der Waals surface area contributed by atoms with Crippen LogP contribution in [-0.2, 0) is 6.54 Å². The van der Waals surface area contributed by atoms with Crippen molar-refractivity contribution >= 4 is 11.6 Å². The highest BCUT2D eigenvalue weighted by molar-refractivity contribution is 6.30. The molecule has 0 aliphatic carbocycles. The van der Waals surface area contributed by atoms with Crippen molar-refractivity contribution in [1.82, 2.24) is 19.7 Å². The lowest BCUT2D eigenvalue weighted by atomic mass is 10.3. The molecule has 15 heavy (non-hydrogen) atoms. The van der Waals surface area contributed by atoms with Gasteiger partial charge in [-0.25, -0.2) is 14.6 Å². The van der Waals surface area contributed by atoms with Crippen molar-refractivity contribution < 1.29 is 0 Å². The molecular weight excluding hydrogens is 212 g/mol. The van der Waals surface area contributed by atoms with Gasteiger partial charge in [-0.15, -0.1) is 0 Å². The molecule has 4 nitrogen and oxygen atoms in total. The molecule has 0 saturated carbocycles. The summed E-state index contributed by atoms with van der Waals surface area (Å²) >= 11 is 5.96. The molecule has 0 saturated heterocycles. The summed E-state index contributed by atoms with van der Waals surface area (Å²) in [6.45, 7) is 4.40. The number of hydrogen-bond acceptors (Lipinski definition) is 3. The summed E-state index contributed by atoms with van der Waals surface area (Å²) in [6, 6.07) is 3.80. The van der Waals surface area contributed by atoms with Gasteiger partial charge in [-0.2, -0.15) is 5.10 Å². The van der Waals surface area contributed by atoms with Crippen molar-refractivity contribution in [2.45, 2.75) is 20.4 Å². The zero-order valence-corrected chi connectivity index (χ0v) is 9.36. The highest BCUT2D eigenvalue weighted by Gasteiger charge is 2.06. The average Bonchev–Trinajstić information content (AvgIpc) is 2.49. The van der Waals surface area contributed by atoms with Gasteiger partial charge in [0.25, 0.3) is 0 Å². The number of pyridine rings is 1. The van der Waals surface area contributed by atoms with E-state index in [1.165, 1.54) is 0 Å². The predicted molar refractivity (Wildman–Crippen MR) is 57.8 cm³/mol. The van der Waals surface area contributed by atoms with Crippen LogP contribution in [0.3, 0.4) is 0 Å². The van der Waals surface area contributed by atoms with E-state index in [0.717, 1.165) is 17.2 Å². The topological polar surface area (TPSA) is 43.6 Å². The predicted octanol–water partition coefficient (Wildman–Crippen LogP) is 1.99. The van der Waals surface area contributed by atoms with Gasteiger partial charge in [0, 0.05) is 11.8 Å². The van der Waals surface area contributed by atoms with Crippen LogP contribution in [-0.4, -0.2) is 19.7 Å². The molecule has 0 bridgehead atoms. The third-order valence-electron chi connectivity index (χ3n) is 2.12. The summed E-state index contributed by atoms with van der Waals surface area (Å²) in [5.41, 5.74) is 0.951. The smallest absolute Gasteiger partial charge is 0.147 e. The summed E-state index contributed by atoms with van der Waals surface area (Å²) < 4.78 is 1.82. The number of aromatic nitrogens is 4. The monoisotopic (exact) mass is 222 g/mol. The Balaban J connectivity index is 2.29. The number of hydrogen-bond donors (Lipinski definition) is 0. The van der Waals surface area contributed by atoms with Crippen molar-refractivity contribution in [3.05, 3.63) is 40.7 Å². The van der Waals surface area contributed by atoms with E-state index >= 15 is 0 Å². The van der Waals surface area contributed by atoms with Crippen LogP contribution in [0.2, 0.25) is 5.15 Å². The van der Waals surface area contributed by atoms with Gasteiger partial charge in [0.2, 0.25) is 0 Å². The standard InChI is InChI=1S/C10H11ClN4/c1-7-13-8(2)15(14-7)6-9-4-3-5-12-10(9)11/h3-5H,6H2,1-2H3. The van der Waals surface area contributed by atoms with Crippen LogP contribution < -0.4 is 0 Å². The van der Waals surface area contributed by atoms with E-state index in [9.17, 15) is 0 Å². The van der Waals surface area contributed by atoms with Gasteiger partial charge in [0.1, 0.15) is 16.8 Å². The van der Waals surface area contributed by atoms with Crippen LogP contribution in [0.5, 0.6) is 0 Å². The molecule has 78 valence electrons. The Morgan fingerprint density at radius 3 is 2.80 bits per heavy atom. The average molecular weight is 223 g/mol. The Hall–Kier alpha value is -1.42. The molecule has 0 amide bonds. The summed E-state index contributed by atoms with van der Waals surface area (Å²) in [7, 11) is 0. The van der Waals surface area contributed by atoms with E-state index in [1.54, 1.807) is 6.20 Å². The summed E-state index contributed by atoms with van der Waals surface area (Å²) in [6.07, 6.45) is 1.67. The van der Waals surface area contributed by atoms with E-state index in [0.29, 0.717) is 11.7 Å². The lowest BCUT2D eigenvalue weighted by Crippen LogP contribution is -2.05. The molecule has 0 aliphatic heterocycles. The Bertz CT molecular complexity index is 478. The van der Waals surface area contributed by atoms with Gasteiger partial charge in [-0.05, 0) is 19.9 Å². The third kappa shape index (κ3) is 2.15. The quantitative estimate of drug-likeness (QED) is 0.730. The molecule has 2 rings (SSSR count). The van der Waals surface area contributed by atoms with Crippen LogP contribution in [0.15, 0.2) is 18.3 Å². The van der Waals surface area contributed by atoms with Crippen molar-refractivity contribution in [2.75, 3.05) is 0 Å².